The van der Waals surface area contributed by atoms with Crippen LogP contribution in [0.4, 0.5) is 5.69 Å². The normalized spacial score (nSPS) is 11.2. The summed E-state index contributed by atoms with van der Waals surface area (Å²) in [6, 6.07) is 12.5. The third kappa shape index (κ3) is 4.62. The summed E-state index contributed by atoms with van der Waals surface area (Å²) in [5, 5.41) is 12.0. The smallest absolute Gasteiger partial charge is 0.286 e. The zero-order chi connectivity index (χ0) is 20.1. The maximum atomic E-state index is 12.3. The molecule has 1 aromatic heterocycles. The quantitative estimate of drug-likeness (QED) is 0.575. The van der Waals surface area contributed by atoms with E-state index in [1.807, 2.05) is 18.2 Å². The Kier molecular flexibility index (Phi) is 6.51. The number of anilines is 1. The maximum Gasteiger partial charge on any atom is 0.286 e. The van der Waals surface area contributed by atoms with Crippen LogP contribution in [-0.2, 0) is 0 Å². The van der Waals surface area contributed by atoms with E-state index in [1.54, 1.807) is 30.3 Å². The molecule has 0 spiro atoms. The standard InChI is InChI=1S/C19H15Cl2N3O3S/c1-26-15-10-11(8-13(20)16(15)27-2)9-14(21)18-23-24-19(28-18)17(25)22-12-6-4-3-5-7-12/h3-10H,1-2H3,(H,22,25)/b14-9-. The van der Waals surface area contributed by atoms with Gasteiger partial charge in [0.15, 0.2) is 16.5 Å². The number of amides is 1. The van der Waals surface area contributed by atoms with Crippen molar-refractivity contribution in [3.05, 3.63) is 63.1 Å². The average Bonchev–Trinajstić information content (AvgIpc) is 3.19. The molecule has 6 nitrogen and oxygen atoms in total. The van der Waals surface area contributed by atoms with Crippen molar-refractivity contribution < 1.29 is 14.3 Å². The lowest BCUT2D eigenvalue weighted by atomic mass is 10.2. The summed E-state index contributed by atoms with van der Waals surface area (Å²) in [5.74, 6) is 0.563. The Morgan fingerprint density at radius 1 is 1.11 bits per heavy atom. The van der Waals surface area contributed by atoms with Crippen LogP contribution in [0.3, 0.4) is 0 Å². The van der Waals surface area contributed by atoms with Gasteiger partial charge in [-0.3, -0.25) is 4.79 Å². The second kappa shape index (κ2) is 9.05. The van der Waals surface area contributed by atoms with Gasteiger partial charge in [0.2, 0.25) is 5.01 Å². The molecule has 3 rings (SSSR count). The molecule has 0 atom stereocenters. The summed E-state index contributed by atoms with van der Waals surface area (Å²) in [7, 11) is 3.03. The number of aromatic nitrogens is 2. The molecule has 0 fully saturated rings. The number of halogens is 2. The third-order valence-electron chi connectivity index (χ3n) is 3.60. The summed E-state index contributed by atoms with van der Waals surface area (Å²) in [5.41, 5.74) is 1.36. The average molecular weight is 436 g/mol. The van der Waals surface area contributed by atoms with Crippen molar-refractivity contribution in [3.63, 3.8) is 0 Å². The number of carbonyl (C=O) groups excluding carboxylic acids is 1. The van der Waals surface area contributed by atoms with Gasteiger partial charge in [-0.2, -0.15) is 0 Å². The van der Waals surface area contributed by atoms with Gasteiger partial charge in [-0.1, -0.05) is 52.7 Å². The van der Waals surface area contributed by atoms with Crippen LogP contribution in [0.15, 0.2) is 42.5 Å². The van der Waals surface area contributed by atoms with Crippen LogP contribution in [0.1, 0.15) is 20.4 Å². The Balaban J connectivity index is 1.81. The molecule has 144 valence electrons. The Morgan fingerprint density at radius 2 is 1.82 bits per heavy atom. The third-order valence-corrected chi connectivity index (χ3v) is 5.24. The molecule has 1 amide bonds. The van der Waals surface area contributed by atoms with E-state index in [-0.39, 0.29) is 10.9 Å². The van der Waals surface area contributed by atoms with Gasteiger partial charge in [0.05, 0.1) is 24.3 Å². The molecule has 0 aliphatic heterocycles. The van der Waals surface area contributed by atoms with Crippen LogP contribution in [-0.4, -0.2) is 30.3 Å². The molecule has 28 heavy (non-hydrogen) atoms. The van der Waals surface area contributed by atoms with Crippen molar-refractivity contribution in [2.24, 2.45) is 0 Å². The number of methoxy groups -OCH3 is 2. The van der Waals surface area contributed by atoms with Crippen molar-refractivity contribution in [2.75, 3.05) is 19.5 Å². The summed E-state index contributed by atoms with van der Waals surface area (Å²) in [6.45, 7) is 0. The number of para-hydroxylation sites is 1. The van der Waals surface area contributed by atoms with Crippen molar-refractivity contribution in [1.29, 1.82) is 0 Å². The van der Waals surface area contributed by atoms with Crippen LogP contribution in [0.5, 0.6) is 11.5 Å². The molecular formula is C19H15Cl2N3O3S. The highest BCUT2D eigenvalue weighted by Crippen LogP contribution is 2.37. The number of nitrogens with zero attached hydrogens (tertiary/aromatic N) is 2. The van der Waals surface area contributed by atoms with E-state index in [2.05, 4.69) is 15.5 Å². The van der Waals surface area contributed by atoms with Crippen LogP contribution in [0.2, 0.25) is 5.02 Å². The molecule has 9 heteroatoms. The van der Waals surface area contributed by atoms with Gasteiger partial charge >= 0.3 is 0 Å². The lowest BCUT2D eigenvalue weighted by Crippen LogP contribution is -2.11. The lowest BCUT2D eigenvalue weighted by Gasteiger charge is -2.10. The first kappa shape index (κ1) is 20.1. The number of ether oxygens (including phenoxy) is 2. The lowest BCUT2D eigenvalue weighted by molar-refractivity contribution is 0.102. The Morgan fingerprint density at radius 3 is 2.50 bits per heavy atom. The van der Waals surface area contributed by atoms with Crippen LogP contribution < -0.4 is 14.8 Å². The van der Waals surface area contributed by atoms with E-state index in [4.69, 9.17) is 32.7 Å². The molecule has 0 saturated heterocycles. The molecule has 3 aromatic rings. The van der Waals surface area contributed by atoms with Gasteiger partial charge in [0.1, 0.15) is 0 Å². The van der Waals surface area contributed by atoms with Gasteiger partial charge < -0.3 is 14.8 Å². The van der Waals surface area contributed by atoms with Crippen LogP contribution in [0, 0.1) is 0 Å². The second-order valence-corrected chi connectivity index (χ2v) is 7.25. The minimum Gasteiger partial charge on any atom is -0.493 e. The number of benzene rings is 2. The van der Waals surface area contributed by atoms with Crippen molar-refractivity contribution in [1.82, 2.24) is 10.2 Å². The van der Waals surface area contributed by atoms with Gasteiger partial charge in [-0.15, -0.1) is 10.2 Å². The first-order chi connectivity index (χ1) is 13.5. The Bertz CT molecular complexity index is 1020. The van der Waals surface area contributed by atoms with E-state index in [0.717, 1.165) is 11.3 Å². The molecule has 2 aromatic carbocycles. The SMILES string of the molecule is COc1cc(/C=C(\Cl)c2nnc(C(=O)Nc3ccccc3)s2)cc(Cl)c1OC. The maximum absolute atomic E-state index is 12.3. The van der Waals surface area contributed by atoms with E-state index >= 15 is 0 Å². The second-order valence-electron chi connectivity index (χ2n) is 5.46. The summed E-state index contributed by atoms with van der Waals surface area (Å²) < 4.78 is 10.5. The highest BCUT2D eigenvalue weighted by Gasteiger charge is 2.16. The van der Waals surface area contributed by atoms with Gasteiger partial charge in [-0.05, 0) is 35.9 Å². The molecular weight excluding hydrogens is 421 g/mol. The largest absolute Gasteiger partial charge is 0.493 e. The monoisotopic (exact) mass is 435 g/mol. The molecule has 0 aliphatic carbocycles. The summed E-state index contributed by atoms with van der Waals surface area (Å²) in [6.07, 6.45) is 1.66. The van der Waals surface area contributed by atoms with Gasteiger partial charge in [-0.25, -0.2) is 0 Å². The molecule has 0 unspecified atom stereocenters. The van der Waals surface area contributed by atoms with Crippen molar-refractivity contribution >= 4 is 57.2 Å². The topological polar surface area (TPSA) is 73.3 Å². The number of carbonyl (C=O) groups is 1. The molecule has 0 radical (unpaired) electrons. The Labute approximate surface area is 175 Å². The van der Waals surface area contributed by atoms with E-state index in [0.29, 0.717) is 37.8 Å². The minimum atomic E-state index is -0.353. The number of nitrogens with one attached hydrogen (secondary N) is 1. The number of rotatable bonds is 6. The fraction of sp³-hybridized carbons (Fsp3) is 0.105. The van der Waals surface area contributed by atoms with E-state index in [9.17, 15) is 4.79 Å². The molecule has 0 aliphatic rings. The Hall–Kier alpha value is -2.61. The predicted octanol–water partition coefficient (Wildman–Crippen LogP) is 5.20. The summed E-state index contributed by atoms with van der Waals surface area (Å²) in [4.78, 5) is 12.3. The van der Waals surface area contributed by atoms with Crippen LogP contribution >= 0.6 is 34.5 Å². The highest BCUT2D eigenvalue weighted by atomic mass is 35.5. The van der Waals surface area contributed by atoms with Crippen LogP contribution in [0.25, 0.3) is 11.1 Å². The first-order valence-corrected chi connectivity index (χ1v) is 9.58. The summed E-state index contributed by atoms with van der Waals surface area (Å²) >= 11 is 13.7. The van der Waals surface area contributed by atoms with Gasteiger partial charge in [0.25, 0.3) is 5.91 Å². The molecule has 1 N–H and O–H groups in total. The highest BCUT2D eigenvalue weighted by molar-refractivity contribution is 7.15. The molecule has 0 saturated carbocycles. The van der Waals surface area contributed by atoms with Gasteiger partial charge in [0, 0.05) is 5.69 Å². The fourth-order valence-corrected chi connectivity index (χ4v) is 3.57. The van der Waals surface area contributed by atoms with Crippen molar-refractivity contribution in [2.45, 2.75) is 0 Å². The predicted molar refractivity (Wildman–Crippen MR) is 113 cm³/mol. The molecule has 1 heterocycles. The van der Waals surface area contributed by atoms with E-state index < -0.39 is 0 Å². The zero-order valence-corrected chi connectivity index (χ0v) is 17.2. The molecule has 0 bridgehead atoms. The minimum absolute atomic E-state index is 0.204. The fourth-order valence-electron chi connectivity index (χ4n) is 2.35. The number of hydrogen-bond donors (Lipinski definition) is 1. The van der Waals surface area contributed by atoms with Crippen molar-refractivity contribution in [3.8, 4) is 11.5 Å². The number of hydrogen-bond acceptors (Lipinski definition) is 6. The zero-order valence-electron chi connectivity index (χ0n) is 14.9. The first-order valence-electron chi connectivity index (χ1n) is 8.01. The van der Waals surface area contributed by atoms with E-state index in [1.165, 1.54) is 14.2 Å².